The lowest BCUT2D eigenvalue weighted by Gasteiger charge is -2.16. The number of ether oxygens (including phenoxy) is 1. The van der Waals surface area contributed by atoms with Crippen LogP contribution in [-0.4, -0.2) is 49.9 Å². The maximum atomic E-state index is 12.9. The lowest BCUT2D eigenvalue weighted by molar-refractivity contribution is -0.135. The summed E-state index contributed by atoms with van der Waals surface area (Å²) in [4.78, 5) is 29.1. The van der Waals surface area contributed by atoms with Crippen LogP contribution in [0.25, 0.3) is 0 Å². The Labute approximate surface area is 139 Å². The van der Waals surface area contributed by atoms with Crippen LogP contribution in [0.4, 0.5) is 4.39 Å². The number of methoxy groups -OCH3 is 1. The van der Waals surface area contributed by atoms with Gasteiger partial charge in [0.15, 0.2) is 0 Å². The second kappa shape index (κ2) is 8.39. The Morgan fingerprint density at radius 3 is 2.79 bits per heavy atom. The molecule has 24 heavy (non-hydrogen) atoms. The fraction of sp³-hybridized carbons (Fsp3) is 0.438. The second-order valence-corrected chi connectivity index (χ2v) is 5.36. The first-order valence-corrected chi connectivity index (χ1v) is 7.57. The molecule has 0 bridgehead atoms. The quantitative estimate of drug-likeness (QED) is 0.713. The van der Waals surface area contributed by atoms with E-state index in [0.29, 0.717) is 24.4 Å². The van der Waals surface area contributed by atoms with Gasteiger partial charge in [-0.25, -0.2) is 4.39 Å². The van der Waals surface area contributed by atoms with Gasteiger partial charge in [-0.15, -0.1) is 0 Å². The molecule has 1 aromatic rings. The zero-order chi connectivity index (χ0) is 17.5. The van der Waals surface area contributed by atoms with E-state index in [1.54, 1.807) is 19.1 Å². The van der Waals surface area contributed by atoms with E-state index < -0.39 is 18.1 Å². The topological polar surface area (TPSA) is 89.0 Å². The molecule has 2 N–H and O–H groups in total. The summed E-state index contributed by atoms with van der Waals surface area (Å²) in [5.41, 5.74) is 1.25. The third kappa shape index (κ3) is 4.76. The summed E-state index contributed by atoms with van der Waals surface area (Å²) in [6.07, 6.45) is -0.547. The molecule has 7 nitrogen and oxygen atoms in total. The lowest BCUT2D eigenvalue weighted by Crippen LogP contribution is -2.48. The summed E-state index contributed by atoms with van der Waals surface area (Å²) >= 11 is 0. The van der Waals surface area contributed by atoms with Gasteiger partial charge in [0.1, 0.15) is 11.9 Å². The van der Waals surface area contributed by atoms with Crippen molar-refractivity contribution in [2.24, 2.45) is 5.16 Å². The van der Waals surface area contributed by atoms with Crippen molar-refractivity contribution in [3.05, 3.63) is 35.6 Å². The molecule has 2 rings (SSSR count). The predicted molar refractivity (Wildman–Crippen MR) is 84.9 cm³/mol. The van der Waals surface area contributed by atoms with E-state index in [9.17, 15) is 14.0 Å². The largest absolute Gasteiger partial charge is 0.383 e. The van der Waals surface area contributed by atoms with Crippen molar-refractivity contribution in [3.8, 4) is 0 Å². The van der Waals surface area contributed by atoms with Crippen LogP contribution < -0.4 is 10.6 Å². The van der Waals surface area contributed by atoms with Gasteiger partial charge in [-0.05, 0) is 24.6 Å². The summed E-state index contributed by atoms with van der Waals surface area (Å²) in [5, 5.41) is 9.08. The minimum absolute atomic E-state index is 0.259. The molecular formula is C16H20FN3O4. The molecule has 0 aliphatic carbocycles. The average Bonchev–Trinajstić information content (AvgIpc) is 3.05. The van der Waals surface area contributed by atoms with Crippen molar-refractivity contribution in [2.45, 2.75) is 25.5 Å². The van der Waals surface area contributed by atoms with Crippen molar-refractivity contribution in [1.29, 1.82) is 0 Å². The van der Waals surface area contributed by atoms with Crippen LogP contribution in [0, 0.1) is 5.82 Å². The van der Waals surface area contributed by atoms with Gasteiger partial charge in [-0.1, -0.05) is 17.3 Å². The van der Waals surface area contributed by atoms with E-state index in [2.05, 4.69) is 15.8 Å². The molecule has 0 unspecified atom stereocenters. The number of nitrogens with zero attached hydrogens (tertiary/aromatic N) is 1. The highest BCUT2D eigenvalue weighted by Crippen LogP contribution is 2.17. The number of nitrogens with one attached hydrogen (secondary N) is 2. The number of hydrogen-bond donors (Lipinski definition) is 2. The van der Waals surface area contributed by atoms with E-state index in [0.717, 1.165) is 0 Å². The summed E-state index contributed by atoms with van der Waals surface area (Å²) in [6.45, 7) is 2.34. The van der Waals surface area contributed by atoms with Crippen LogP contribution in [0.1, 0.15) is 18.9 Å². The van der Waals surface area contributed by atoms with Crippen LogP contribution in [0.3, 0.4) is 0 Å². The molecule has 2 atom stereocenters. The molecule has 130 valence electrons. The van der Waals surface area contributed by atoms with Crippen LogP contribution in [0.5, 0.6) is 0 Å². The summed E-state index contributed by atoms with van der Waals surface area (Å²) in [7, 11) is 1.54. The molecule has 2 amide bonds. The third-order valence-corrected chi connectivity index (χ3v) is 3.50. The zero-order valence-corrected chi connectivity index (χ0v) is 13.5. The maximum absolute atomic E-state index is 12.9. The Bertz CT molecular complexity index is 618. The predicted octanol–water partition coefficient (Wildman–Crippen LogP) is 0.586. The molecule has 0 saturated heterocycles. The van der Waals surface area contributed by atoms with Gasteiger partial charge in [-0.3, -0.25) is 9.59 Å². The molecule has 0 saturated carbocycles. The van der Waals surface area contributed by atoms with Gasteiger partial charge >= 0.3 is 0 Å². The highest BCUT2D eigenvalue weighted by Gasteiger charge is 2.30. The number of benzene rings is 1. The number of rotatable bonds is 7. The number of amides is 2. The fourth-order valence-corrected chi connectivity index (χ4v) is 2.13. The Hall–Kier alpha value is -2.48. The van der Waals surface area contributed by atoms with Crippen molar-refractivity contribution in [1.82, 2.24) is 10.6 Å². The normalized spacial score (nSPS) is 17.6. The van der Waals surface area contributed by atoms with E-state index >= 15 is 0 Å². The first-order valence-electron chi connectivity index (χ1n) is 7.57. The van der Waals surface area contributed by atoms with E-state index in [4.69, 9.17) is 9.57 Å². The number of carbonyl (C=O) groups excluding carboxylic acids is 2. The second-order valence-electron chi connectivity index (χ2n) is 5.36. The van der Waals surface area contributed by atoms with Crippen LogP contribution in [-0.2, 0) is 19.2 Å². The van der Waals surface area contributed by atoms with Crippen molar-refractivity contribution < 1.29 is 23.6 Å². The lowest BCUT2D eigenvalue weighted by atomic mass is 10.0. The highest BCUT2D eigenvalue weighted by atomic mass is 19.1. The first-order chi connectivity index (χ1) is 11.5. The Kier molecular flexibility index (Phi) is 6.25. The maximum Gasteiger partial charge on any atom is 0.264 e. The van der Waals surface area contributed by atoms with Crippen molar-refractivity contribution >= 4 is 17.5 Å². The minimum atomic E-state index is -0.806. The van der Waals surface area contributed by atoms with Gasteiger partial charge in [0, 0.05) is 20.1 Å². The van der Waals surface area contributed by atoms with E-state index in [1.165, 1.54) is 19.2 Å². The average molecular weight is 337 g/mol. The molecule has 1 aliphatic heterocycles. The van der Waals surface area contributed by atoms with E-state index in [-0.39, 0.29) is 18.1 Å². The standard InChI is InChI=1S/C16H20FN3O4/c1-10(15(21)18-7-8-23-2)19-16(22)14-9-13(20-24-14)11-3-5-12(17)6-4-11/h3-6,10,14H,7-9H2,1-2H3,(H,18,21)(H,19,22)/t10-,14-/m0/s1. The molecule has 0 fully saturated rings. The van der Waals surface area contributed by atoms with Gasteiger partial charge in [-0.2, -0.15) is 0 Å². The van der Waals surface area contributed by atoms with Crippen LogP contribution in [0.2, 0.25) is 0 Å². The molecule has 0 radical (unpaired) electrons. The SMILES string of the molecule is COCCNC(=O)[C@H](C)NC(=O)[C@@H]1CC(c2ccc(F)cc2)=NO1. The zero-order valence-electron chi connectivity index (χ0n) is 13.5. The third-order valence-electron chi connectivity index (χ3n) is 3.50. The Morgan fingerprint density at radius 2 is 2.12 bits per heavy atom. The number of halogens is 1. The molecule has 1 aliphatic rings. The molecule has 0 spiro atoms. The number of oxime groups is 1. The summed E-state index contributed by atoms with van der Waals surface area (Å²) in [6, 6.07) is 5.08. The molecule has 1 heterocycles. The molecular weight excluding hydrogens is 317 g/mol. The van der Waals surface area contributed by atoms with Crippen LogP contribution in [0.15, 0.2) is 29.4 Å². The monoisotopic (exact) mass is 337 g/mol. The highest BCUT2D eigenvalue weighted by molar-refractivity contribution is 6.04. The smallest absolute Gasteiger partial charge is 0.264 e. The number of hydrogen-bond acceptors (Lipinski definition) is 5. The molecule has 0 aromatic heterocycles. The van der Waals surface area contributed by atoms with Gasteiger partial charge in [0.05, 0.1) is 12.3 Å². The Morgan fingerprint density at radius 1 is 1.42 bits per heavy atom. The van der Waals surface area contributed by atoms with Gasteiger partial charge in [0.2, 0.25) is 12.0 Å². The van der Waals surface area contributed by atoms with Crippen molar-refractivity contribution in [2.75, 3.05) is 20.3 Å². The summed E-state index contributed by atoms with van der Waals surface area (Å²) < 4.78 is 17.8. The summed E-state index contributed by atoms with van der Waals surface area (Å²) in [5.74, 6) is -1.08. The van der Waals surface area contributed by atoms with E-state index in [1.807, 2.05) is 0 Å². The van der Waals surface area contributed by atoms with Crippen LogP contribution >= 0.6 is 0 Å². The first kappa shape index (κ1) is 17.9. The molecule has 8 heteroatoms. The Balaban J connectivity index is 1.82. The minimum Gasteiger partial charge on any atom is -0.383 e. The van der Waals surface area contributed by atoms with Gasteiger partial charge < -0.3 is 20.2 Å². The number of carbonyl (C=O) groups is 2. The fourth-order valence-electron chi connectivity index (χ4n) is 2.13. The van der Waals surface area contributed by atoms with Crippen molar-refractivity contribution in [3.63, 3.8) is 0 Å². The van der Waals surface area contributed by atoms with Gasteiger partial charge in [0.25, 0.3) is 5.91 Å². The molecule has 1 aromatic carbocycles.